The Morgan fingerprint density at radius 1 is 0.542 bits per heavy atom. The summed E-state index contributed by atoms with van der Waals surface area (Å²) in [4.78, 5) is 23.1. The molecule has 2 bridgehead atoms. The van der Waals surface area contributed by atoms with Crippen molar-refractivity contribution in [2.75, 3.05) is 13.6 Å². The Labute approximate surface area is 281 Å². The predicted molar refractivity (Wildman–Crippen MR) is 176 cm³/mol. The minimum Gasteiger partial charge on any atom is -0.481 e. The second kappa shape index (κ2) is 11.9. The Kier molecular flexibility index (Phi) is 7.46. The van der Waals surface area contributed by atoms with Crippen LogP contribution in [0.1, 0.15) is 49.7 Å². The summed E-state index contributed by atoms with van der Waals surface area (Å²) in [7, 11) is 0. The van der Waals surface area contributed by atoms with Gasteiger partial charge in [0.05, 0.1) is 0 Å². The second-order valence-electron chi connectivity index (χ2n) is 15.4. The summed E-state index contributed by atoms with van der Waals surface area (Å²) in [5.74, 6) is 8.07. The van der Waals surface area contributed by atoms with E-state index in [1.165, 1.54) is 11.1 Å². The van der Waals surface area contributed by atoms with Gasteiger partial charge in [0.25, 0.3) is 0 Å². The topological polar surface area (TPSA) is 112 Å². The molecule has 2 aliphatic heterocycles. The second-order valence-corrected chi connectivity index (χ2v) is 15.4. The third-order valence-electron chi connectivity index (χ3n) is 13.4. The fourth-order valence-corrected chi connectivity index (χ4v) is 11.8. The highest BCUT2D eigenvalue weighted by Crippen LogP contribution is 2.72. The minimum absolute atomic E-state index is 0.221. The molecule has 0 saturated heterocycles. The Bertz CT molecular complexity index is 1660. The van der Waals surface area contributed by atoms with E-state index in [9.17, 15) is 19.8 Å². The molecule has 2 aromatic rings. The SMILES string of the molecule is O=C(O)CCC[C@H]1[C@H](Cc2ccc3c(c2)OCO3)[C@@H]2[C@@H]3C=C[C@@H]([C@@H]4[C@H]3C=C[C@H]3[C@@H](Cc5ccc6c(c5)OCO6)[C@H](CCCC(=O)O)[C@H]34)[C@H]12. The van der Waals surface area contributed by atoms with E-state index in [-0.39, 0.29) is 26.4 Å². The number of ether oxygens (including phenoxy) is 4. The van der Waals surface area contributed by atoms with Gasteiger partial charge in [-0.25, -0.2) is 0 Å². The van der Waals surface area contributed by atoms with Crippen LogP contribution < -0.4 is 18.9 Å². The van der Waals surface area contributed by atoms with Crippen LogP contribution in [-0.2, 0) is 22.4 Å². The van der Waals surface area contributed by atoms with Crippen molar-refractivity contribution in [3.8, 4) is 23.0 Å². The molecule has 8 nitrogen and oxygen atoms in total. The van der Waals surface area contributed by atoms with E-state index < -0.39 is 11.9 Å². The lowest BCUT2D eigenvalue weighted by Crippen LogP contribution is -2.67. The predicted octanol–water partition coefficient (Wildman–Crippen LogP) is 7.01. The molecule has 3 fully saturated rings. The maximum Gasteiger partial charge on any atom is 0.303 e. The van der Waals surface area contributed by atoms with Crippen LogP contribution in [0, 0.1) is 71.0 Å². The summed E-state index contributed by atoms with van der Waals surface area (Å²) in [5, 5.41) is 19.0. The van der Waals surface area contributed by atoms with Gasteiger partial charge in [-0.2, -0.15) is 0 Å². The van der Waals surface area contributed by atoms with E-state index >= 15 is 0 Å². The molecule has 252 valence electrons. The van der Waals surface area contributed by atoms with Gasteiger partial charge in [-0.05, 0) is 145 Å². The number of carboxylic acids is 2. The summed E-state index contributed by atoms with van der Waals surface area (Å²) in [6.45, 7) is 0.537. The lowest BCUT2D eigenvalue weighted by Gasteiger charge is -2.71. The molecule has 2 aromatic carbocycles. The van der Waals surface area contributed by atoms with Crippen LogP contribution >= 0.6 is 0 Å². The van der Waals surface area contributed by atoms with Crippen molar-refractivity contribution in [3.63, 3.8) is 0 Å². The number of benzene rings is 2. The molecule has 0 aromatic heterocycles. The molecule has 2 heterocycles. The first-order chi connectivity index (χ1) is 23.4. The molecular formula is C40H44O8. The van der Waals surface area contributed by atoms with Crippen LogP contribution in [0.15, 0.2) is 60.7 Å². The Hall–Kier alpha value is -3.94. The molecule has 8 heteroatoms. The van der Waals surface area contributed by atoms with Gasteiger partial charge in [-0.15, -0.1) is 0 Å². The quantitative estimate of drug-likeness (QED) is 0.236. The van der Waals surface area contributed by atoms with Crippen molar-refractivity contribution in [2.24, 2.45) is 71.0 Å². The fourth-order valence-electron chi connectivity index (χ4n) is 11.8. The summed E-state index contributed by atoms with van der Waals surface area (Å²) in [6.07, 6.45) is 15.9. The molecule has 10 rings (SSSR count). The van der Waals surface area contributed by atoms with Gasteiger partial charge in [0.2, 0.25) is 13.6 Å². The summed E-state index contributed by atoms with van der Waals surface area (Å²) < 4.78 is 22.5. The van der Waals surface area contributed by atoms with Crippen molar-refractivity contribution in [1.82, 2.24) is 0 Å². The van der Waals surface area contributed by atoms with Gasteiger partial charge in [0.1, 0.15) is 0 Å². The van der Waals surface area contributed by atoms with Crippen molar-refractivity contribution in [2.45, 2.75) is 51.4 Å². The number of carbonyl (C=O) groups is 2. The highest BCUT2D eigenvalue weighted by Gasteiger charge is 2.67. The zero-order valence-corrected chi connectivity index (χ0v) is 27.1. The average Bonchev–Trinajstić information content (AvgIpc) is 3.75. The normalized spacial score (nSPS) is 36.8. The molecule has 48 heavy (non-hydrogen) atoms. The molecular weight excluding hydrogens is 608 g/mol. The largest absolute Gasteiger partial charge is 0.481 e. The maximum absolute atomic E-state index is 11.6. The number of rotatable bonds is 12. The third kappa shape index (κ3) is 4.92. The third-order valence-corrected chi connectivity index (χ3v) is 13.4. The molecule has 12 atom stereocenters. The van der Waals surface area contributed by atoms with Crippen LogP contribution in [0.4, 0.5) is 0 Å². The average molecular weight is 653 g/mol. The fraction of sp³-hybridized carbons (Fsp3) is 0.550. The van der Waals surface area contributed by atoms with E-state index in [1.807, 2.05) is 12.1 Å². The van der Waals surface area contributed by atoms with E-state index in [0.717, 1.165) is 55.1 Å². The van der Waals surface area contributed by atoms with E-state index in [1.54, 1.807) is 0 Å². The maximum atomic E-state index is 11.6. The Morgan fingerprint density at radius 3 is 1.60 bits per heavy atom. The number of hydrogen-bond donors (Lipinski definition) is 2. The number of allylic oxidation sites excluding steroid dienone is 4. The van der Waals surface area contributed by atoms with Crippen LogP contribution in [-0.4, -0.2) is 35.7 Å². The first-order valence-electron chi connectivity index (χ1n) is 18.0. The van der Waals surface area contributed by atoms with Crippen LogP contribution in [0.5, 0.6) is 23.0 Å². The zero-order chi connectivity index (χ0) is 32.5. The zero-order valence-electron chi connectivity index (χ0n) is 27.1. The molecule has 0 radical (unpaired) electrons. The summed E-state index contributed by atoms with van der Waals surface area (Å²) >= 11 is 0. The standard InChI is InChI=1S/C40H44O8/c41-35(42)5-1-3-23-29(15-21-7-13-31-33(17-21)47-19-45-31)27-10-9-25-26-11-12-28(39(25)37(23)27)38-24(4-2-6-36(43)44)30(40(26)38)16-22-8-14-32-34(18-22)48-20-46-32/h7-14,17-18,23-30,37-40H,1-6,15-16,19-20H2,(H,41,42)(H,43,44)/t23-,24-,25-,26+,27-,28+,29-,30-,37+,38-,39-,40-/m0/s1. The van der Waals surface area contributed by atoms with Crippen molar-refractivity contribution >= 4 is 11.9 Å². The van der Waals surface area contributed by atoms with E-state index in [4.69, 9.17) is 18.9 Å². The van der Waals surface area contributed by atoms with Crippen LogP contribution in [0.25, 0.3) is 0 Å². The molecule has 6 aliphatic carbocycles. The van der Waals surface area contributed by atoms with Gasteiger partial charge in [-0.3, -0.25) is 9.59 Å². The first-order valence-corrected chi connectivity index (χ1v) is 18.0. The lowest BCUT2D eigenvalue weighted by atomic mass is 9.33. The van der Waals surface area contributed by atoms with Gasteiger partial charge in [-0.1, -0.05) is 36.4 Å². The van der Waals surface area contributed by atoms with Crippen LogP contribution in [0.3, 0.4) is 0 Å². The smallest absolute Gasteiger partial charge is 0.303 e. The number of hydrogen-bond acceptors (Lipinski definition) is 6. The molecule has 0 amide bonds. The molecule has 8 aliphatic rings. The highest BCUT2D eigenvalue weighted by molar-refractivity contribution is 5.66. The first kappa shape index (κ1) is 30.1. The Morgan fingerprint density at radius 2 is 1.00 bits per heavy atom. The molecule has 0 unspecified atom stereocenters. The number of carboxylic acid groups (broad SMARTS) is 2. The van der Waals surface area contributed by atoms with Gasteiger partial charge < -0.3 is 29.2 Å². The summed E-state index contributed by atoms with van der Waals surface area (Å²) in [6, 6.07) is 12.7. The van der Waals surface area contributed by atoms with E-state index in [2.05, 4.69) is 48.6 Å². The number of fused-ring (bicyclic) bond motifs is 3. The Balaban J connectivity index is 0.993. The molecule has 0 spiro atoms. The monoisotopic (exact) mass is 652 g/mol. The minimum atomic E-state index is -0.714. The summed E-state index contributed by atoms with van der Waals surface area (Å²) in [5.41, 5.74) is 2.53. The molecule has 2 N–H and O–H groups in total. The highest BCUT2D eigenvalue weighted by atomic mass is 16.7. The van der Waals surface area contributed by atoms with Gasteiger partial charge in [0.15, 0.2) is 23.0 Å². The van der Waals surface area contributed by atoms with Crippen molar-refractivity contribution < 1.29 is 38.7 Å². The van der Waals surface area contributed by atoms with Crippen molar-refractivity contribution in [3.05, 3.63) is 71.8 Å². The van der Waals surface area contributed by atoms with Crippen molar-refractivity contribution in [1.29, 1.82) is 0 Å². The van der Waals surface area contributed by atoms with Gasteiger partial charge >= 0.3 is 11.9 Å². The molecule has 3 saturated carbocycles. The van der Waals surface area contributed by atoms with E-state index in [0.29, 0.717) is 77.4 Å². The number of aliphatic carboxylic acids is 2. The lowest BCUT2D eigenvalue weighted by molar-refractivity contribution is -0.191. The van der Waals surface area contributed by atoms with Crippen LogP contribution in [0.2, 0.25) is 0 Å². The van der Waals surface area contributed by atoms with Gasteiger partial charge in [0, 0.05) is 12.8 Å².